The Morgan fingerprint density at radius 2 is 1.25 bits per heavy atom. The molecule has 1 aliphatic heterocycles. The number of hydrogen-bond acceptors (Lipinski definition) is 4. The van der Waals surface area contributed by atoms with E-state index in [2.05, 4.69) is 21.9 Å². The number of Topliss-reactive ketones (excluding diaryl/α,β-unsaturated/α-hetero) is 2. The lowest BCUT2D eigenvalue weighted by Gasteiger charge is -2.35. The molecule has 0 unspecified atom stereocenters. The third-order valence-corrected chi connectivity index (χ3v) is 4.65. The average Bonchev–Trinajstić information content (AvgIpc) is 2.88. The van der Waals surface area contributed by atoms with Gasteiger partial charge in [-0.25, -0.2) is 0 Å². The molecule has 0 atom stereocenters. The lowest BCUT2D eigenvalue weighted by Crippen LogP contribution is -2.44. The Hall–Kier alpha value is -2.88. The minimum Gasteiger partial charge on any atom is -0.373 e. The van der Waals surface area contributed by atoms with Gasteiger partial charge < -0.3 is 9.80 Å². The van der Waals surface area contributed by atoms with Crippen LogP contribution in [0, 0.1) is 0 Å². The van der Waals surface area contributed by atoms with E-state index < -0.39 is 0 Å². The summed E-state index contributed by atoms with van der Waals surface area (Å²) in [5, 5.41) is 0. The van der Waals surface area contributed by atoms with E-state index in [1.807, 2.05) is 18.2 Å². The molecule has 1 saturated heterocycles. The van der Waals surface area contributed by atoms with Crippen LogP contribution >= 0.6 is 0 Å². The maximum Gasteiger partial charge on any atom is 0.199 e. The quantitative estimate of drug-likeness (QED) is 0.631. The molecule has 4 heteroatoms. The molecule has 4 rings (SSSR count). The summed E-state index contributed by atoms with van der Waals surface area (Å²) in [7, 11) is 0. The summed E-state index contributed by atoms with van der Waals surface area (Å²) in [5.41, 5.74) is 2.56. The number of carbonyl (C=O) groups excluding carboxylic acids is 2. The van der Waals surface area contributed by atoms with Gasteiger partial charge in [0, 0.05) is 49.2 Å². The van der Waals surface area contributed by atoms with Crippen molar-refractivity contribution in [2.24, 2.45) is 0 Å². The van der Waals surface area contributed by atoms with Crippen LogP contribution in [0.25, 0.3) is 0 Å². The van der Waals surface area contributed by atoms with Gasteiger partial charge in [0.05, 0.1) is 5.57 Å². The molecule has 0 saturated carbocycles. The summed E-state index contributed by atoms with van der Waals surface area (Å²) in [5.74, 6) is -0.304. The Bertz CT molecular complexity index is 782. The fourth-order valence-electron chi connectivity index (χ4n) is 3.32. The fraction of sp³-hybridized carbons (Fsp3) is 0.200. The number of carbonyl (C=O) groups is 2. The first-order valence-electron chi connectivity index (χ1n) is 8.18. The molecule has 0 bridgehead atoms. The molecule has 0 N–H and O–H groups in total. The molecule has 2 aromatic rings. The maximum atomic E-state index is 12.4. The second-order valence-electron chi connectivity index (χ2n) is 6.11. The summed E-state index contributed by atoms with van der Waals surface area (Å²) in [6.45, 7) is 3.36. The summed E-state index contributed by atoms with van der Waals surface area (Å²) in [4.78, 5) is 29.3. The number of ketones is 2. The SMILES string of the molecule is O=C1C(=CN2CCN(c3ccccc3)CC2)C(=O)c2ccccc21. The van der Waals surface area contributed by atoms with E-state index in [1.54, 1.807) is 30.5 Å². The molecule has 120 valence electrons. The summed E-state index contributed by atoms with van der Waals surface area (Å²) in [6, 6.07) is 17.3. The molecule has 0 spiro atoms. The van der Waals surface area contributed by atoms with Crippen molar-refractivity contribution in [3.05, 3.63) is 77.5 Å². The summed E-state index contributed by atoms with van der Waals surface area (Å²) in [6.07, 6.45) is 1.76. The van der Waals surface area contributed by atoms with Crippen molar-refractivity contribution < 1.29 is 9.59 Å². The van der Waals surface area contributed by atoms with Crippen LogP contribution in [0.1, 0.15) is 20.7 Å². The van der Waals surface area contributed by atoms with Crippen molar-refractivity contribution in [3.63, 3.8) is 0 Å². The number of benzene rings is 2. The number of anilines is 1. The van der Waals surface area contributed by atoms with Crippen molar-refractivity contribution in [2.75, 3.05) is 31.1 Å². The Morgan fingerprint density at radius 3 is 1.83 bits per heavy atom. The Balaban J connectivity index is 1.49. The predicted octanol–water partition coefficient (Wildman–Crippen LogP) is 2.77. The zero-order valence-electron chi connectivity index (χ0n) is 13.3. The van der Waals surface area contributed by atoms with Gasteiger partial charge in [-0.05, 0) is 12.1 Å². The molecular formula is C20H18N2O2. The Labute approximate surface area is 141 Å². The molecule has 0 amide bonds. The number of para-hydroxylation sites is 1. The van der Waals surface area contributed by atoms with Crippen LogP contribution < -0.4 is 4.90 Å². The first-order valence-corrected chi connectivity index (χ1v) is 8.18. The number of allylic oxidation sites excluding steroid dienone is 1. The van der Waals surface area contributed by atoms with Gasteiger partial charge in [0.1, 0.15) is 0 Å². The molecule has 2 aliphatic rings. The predicted molar refractivity (Wildman–Crippen MR) is 93.4 cm³/mol. The molecular weight excluding hydrogens is 300 g/mol. The van der Waals surface area contributed by atoms with Crippen molar-refractivity contribution in [1.29, 1.82) is 0 Å². The van der Waals surface area contributed by atoms with Gasteiger partial charge in [-0.15, -0.1) is 0 Å². The third-order valence-electron chi connectivity index (χ3n) is 4.65. The lowest BCUT2D eigenvalue weighted by atomic mass is 10.1. The topological polar surface area (TPSA) is 40.6 Å². The second-order valence-corrected chi connectivity index (χ2v) is 6.11. The first kappa shape index (κ1) is 14.7. The average molecular weight is 318 g/mol. The molecule has 2 aromatic carbocycles. The van der Waals surface area contributed by atoms with Gasteiger partial charge in [0.25, 0.3) is 0 Å². The lowest BCUT2D eigenvalue weighted by molar-refractivity contribution is 0.0985. The van der Waals surface area contributed by atoms with E-state index in [0.717, 1.165) is 26.2 Å². The molecule has 24 heavy (non-hydrogen) atoms. The van der Waals surface area contributed by atoms with Gasteiger partial charge >= 0.3 is 0 Å². The fourth-order valence-corrected chi connectivity index (χ4v) is 3.32. The van der Waals surface area contributed by atoms with E-state index in [9.17, 15) is 9.59 Å². The van der Waals surface area contributed by atoms with Crippen molar-refractivity contribution in [3.8, 4) is 0 Å². The number of rotatable bonds is 2. The molecule has 1 aliphatic carbocycles. The zero-order chi connectivity index (χ0) is 16.5. The van der Waals surface area contributed by atoms with Gasteiger partial charge in [-0.3, -0.25) is 9.59 Å². The summed E-state index contributed by atoms with van der Waals surface area (Å²) >= 11 is 0. The van der Waals surface area contributed by atoms with Crippen molar-refractivity contribution in [2.45, 2.75) is 0 Å². The van der Waals surface area contributed by atoms with Gasteiger partial charge in [0.2, 0.25) is 0 Å². The first-order chi connectivity index (χ1) is 11.7. The molecule has 4 nitrogen and oxygen atoms in total. The highest BCUT2D eigenvalue weighted by molar-refractivity contribution is 6.39. The largest absolute Gasteiger partial charge is 0.373 e. The van der Waals surface area contributed by atoms with Crippen LogP contribution in [-0.4, -0.2) is 42.6 Å². The van der Waals surface area contributed by atoms with Gasteiger partial charge in [0.15, 0.2) is 11.6 Å². The molecule has 1 fully saturated rings. The smallest absolute Gasteiger partial charge is 0.199 e. The zero-order valence-corrected chi connectivity index (χ0v) is 13.3. The maximum absolute atomic E-state index is 12.4. The minimum absolute atomic E-state index is 0.152. The highest BCUT2D eigenvalue weighted by Crippen LogP contribution is 2.26. The standard InChI is InChI=1S/C20H18N2O2/c23-19-16-8-4-5-9-17(16)20(24)18(19)14-21-10-12-22(13-11-21)15-6-2-1-3-7-15/h1-9,14H,10-13H2. The summed E-state index contributed by atoms with van der Waals surface area (Å²) < 4.78 is 0. The van der Waals surface area contributed by atoms with Gasteiger partial charge in [-0.1, -0.05) is 42.5 Å². The monoisotopic (exact) mass is 318 g/mol. The Kier molecular flexibility index (Phi) is 3.65. The third kappa shape index (κ3) is 2.50. The van der Waals surface area contributed by atoms with E-state index in [0.29, 0.717) is 16.7 Å². The molecule has 0 radical (unpaired) electrons. The van der Waals surface area contributed by atoms with Crippen molar-refractivity contribution >= 4 is 17.3 Å². The number of nitrogens with zero attached hydrogens (tertiary/aromatic N) is 2. The van der Waals surface area contributed by atoms with E-state index in [-0.39, 0.29) is 11.6 Å². The normalized spacial score (nSPS) is 17.2. The molecule has 1 heterocycles. The van der Waals surface area contributed by atoms with Crippen LogP contribution in [-0.2, 0) is 0 Å². The highest BCUT2D eigenvalue weighted by Gasteiger charge is 2.33. The van der Waals surface area contributed by atoms with Crippen molar-refractivity contribution in [1.82, 2.24) is 4.90 Å². The van der Waals surface area contributed by atoms with E-state index in [4.69, 9.17) is 0 Å². The Morgan fingerprint density at radius 1 is 0.708 bits per heavy atom. The van der Waals surface area contributed by atoms with Crippen LogP contribution in [0.5, 0.6) is 0 Å². The van der Waals surface area contributed by atoms with Crippen LogP contribution in [0.3, 0.4) is 0 Å². The van der Waals surface area contributed by atoms with Crippen LogP contribution in [0.4, 0.5) is 5.69 Å². The van der Waals surface area contributed by atoms with Gasteiger partial charge in [-0.2, -0.15) is 0 Å². The molecule has 0 aromatic heterocycles. The number of piperazine rings is 1. The number of hydrogen-bond donors (Lipinski definition) is 0. The highest BCUT2D eigenvalue weighted by atomic mass is 16.2. The second kappa shape index (κ2) is 5.96. The van der Waals surface area contributed by atoms with E-state index >= 15 is 0 Å². The van der Waals surface area contributed by atoms with Crippen LogP contribution in [0.2, 0.25) is 0 Å². The number of fused-ring (bicyclic) bond motifs is 1. The van der Waals surface area contributed by atoms with Crippen LogP contribution in [0.15, 0.2) is 66.4 Å². The minimum atomic E-state index is -0.152. The van der Waals surface area contributed by atoms with E-state index in [1.165, 1.54) is 5.69 Å².